The maximum absolute atomic E-state index is 6.86. The van der Waals surface area contributed by atoms with Crippen LogP contribution in [0.4, 0.5) is 5.69 Å². The van der Waals surface area contributed by atoms with Crippen molar-refractivity contribution in [2.75, 3.05) is 11.4 Å². The van der Waals surface area contributed by atoms with Crippen molar-refractivity contribution in [1.29, 1.82) is 0 Å². The van der Waals surface area contributed by atoms with Gasteiger partial charge in [0.1, 0.15) is 12.3 Å². The molecule has 0 radical (unpaired) electrons. The zero-order valence-corrected chi connectivity index (χ0v) is 18.8. The third kappa shape index (κ3) is 3.45. The fraction of sp³-hybridized carbons (Fsp3) is 0.200. The van der Waals surface area contributed by atoms with Gasteiger partial charge < -0.3 is 4.90 Å². The number of fused-ring (bicyclic) bond motifs is 1. The van der Waals surface area contributed by atoms with Crippen LogP contribution in [0.1, 0.15) is 40.9 Å². The average Bonchev–Trinajstić information content (AvgIpc) is 3.41. The van der Waals surface area contributed by atoms with Crippen LogP contribution in [0.5, 0.6) is 0 Å². The van der Waals surface area contributed by atoms with Gasteiger partial charge in [-0.3, -0.25) is 4.84 Å². The van der Waals surface area contributed by atoms with Crippen LogP contribution in [0, 0.1) is 6.92 Å². The van der Waals surface area contributed by atoms with Crippen molar-refractivity contribution in [3.63, 3.8) is 0 Å². The van der Waals surface area contributed by atoms with Crippen molar-refractivity contribution >= 4 is 5.69 Å². The van der Waals surface area contributed by atoms with Crippen molar-refractivity contribution in [2.24, 2.45) is 0 Å². The number of hydroxylamine groups is 2. The Morgan fingerprint density at radius 3 is 1.91 bits per heavy atom. The second-order valence-electron chi connectivity index (χ2n) is 9.18. The molecular formula is C30H28N2O. The second-order valence-corrected chi connectivity index (χ2v) is 9.18. The molecule has 3 heteroatoms. The SMILES string of the molecule is Cc1ccc(N2C[C@]3(c4ccccc4)C[C@@H](c4ccccc4)ON3[C@H]2c2ccccc2)cc1. The standard InChI is InChI=1S/C30H28N2O/c1-23-17-19-27(20-18-23)31-22-30(26-15-9-4-10-16-26)21-28(24-11-5-2-6-12-24)33-32(30)29(31)25-13-7-3-8-14-25/h2-20,28-29H,21-22H2,1H3/t28-,29-,30-/m0/s1. The van der Waals surface area contributed by atoms with Gasteiger partial charge in [-0.25, -0.2) is 0 Å². The Hall–Kier alpha value is -3.40. The van der Waals surface area contributed by atoms with Crippen LogP contribution in [-0.4, -0.2) is 11.6 Å². The molecule has 0 N–H and O–H groups in total. The Bertz CT molecular complexity index is 1210. The predicted molar refractivity (Wildman–Crippen MR) is 133 cm³/mol. The lowest BCUT2D eigenvalue weighted by Crippen LogP contribution is -2.37. The van der Waals surface area contributed by atoms with Gasteiger partial charge in [-0.15, -0.1) is 5.06 Å². The molecule has 2 saturated heterocycles. The van der Waals surface area contributed by atoms with Gasteiger partial charge in [0.05, 0.1) is 5.54 Å². The van der Waals surface area contributed by atoms with Gasteiger partial charge in [-0.05, 0) is 35.7 Å². The highest BCUT2D eigenvalue weighted by atomic mass is 16.7. The molecule has 0 saturated carbocycles. The summed E-state index contributed by atoms with van der Waals surface area (Å²) < 4.78 is 0. The highest BCUT2D eigenvalue weighted by molar-refractivity contribution is 5.53. The first-order valence-corrected chi connectivity index (χ1v) is 11.7. The van der Waals surface area contributed by atoms with E-state index in [4.69, 9.17) is 4.84 Å². The topological polar surface area (TPSA) is 15.7 Å². The summed E-state index contributed by atoms with van der Waals surface area (Å²) in [4.78, 5) is 9.37. The second kappa shape index (κ2) is 8.18. The normalized spacial score (nSPS) is 24.7. The number of benzene rings is 4. The summed E-state index contributed by atoms with van der Waals surface area (Å²) in [6.07, 6.45) is 0.924. The lowest BCUT2D eigenvalue weighted by molar-refractivity contribution is -0.198. The van der Waals surface area contributed by atoms with Crippen molar-refractivity contribution in [3.8, 4) is 0 Å². The molecule has 4 aromatic carbocycles. The lowest BCUT2D eigenvalue weighted by atomic mass is 9.84. The van der Waals surface area contributed by atoms with Crippen molar-refractivity contribution in [1.82, 2.24) is 5.06 Å². The predicted octanol–water partition coefficient (Wildman–Crippen LogP) is 6.79. The fourth-order valence-corrected chi connectivity index (χ4v) is 5.43. The smallest absolute Gasteiger partial charge is 0.132 e. The summed E-state index contributed by atoms with van der Waals surface area (Å²) in [5, 5.41) is 2.29. The Morgan fingerprint density at radius 2 is 1.27 bits per heavy atom. The lowest BCUT2D eigenvalue weighted by Gasteiger charge is -2.32. The van der Waals surface area contributed by atoms with Gasteiger partial charge in [0.15, 0.2) is 0 Å². The Balaban J connectivity index is 1.50. The van der Waals surface area contributed by atoms with Crippen LogP contribution in [0.3, 0.4) is 0 Å². The van der Waals surface area contributed by atoms with E-state index >= 15 is 0 Å². The molecule has 0 aromatic heterocycles. The fourth-order valence-electron chi connectivity index (χ4n) is 5.43. The van der Waals surface area contributed by atoms with Crippen molar-refractivity contribution in [3.05, 3.63) is 138 Å². The summed E-state index contributed by atoms with van der Waals surface area (Å²) in [7, 11) is 0. The van der Waals surface area contributed by atoms with Gasteiger partial charge in [0, 0.05) is 18.7 Å². The molecular weight excluding hydrogens is 404 g/mol. The Kier molecular flexibility index (Phi) is 5.01. The molecule has 164 valence electrons. The van der Waals surface area contributed by atoms with E-state index in [1.54, 1.807) is 0 Å². The van der Waals surface area contributed by atoms with E-state index < -0.39 is 0 Å². The minimum absolute atomic E-state index is 0.0113. The number of hydrogen-bond acceptors (Lipinski definition) is 3. The van der Waals surface area contributed by atoms with Gasteiger partial charge in [-0.1, -0.05) is 109 Å². The summed E-state index contributed by atoms with van der Waals surface area (Å²) in [6.45, 7) is 3.00. The summed E-state index contributed by atoms with van der Waals surface area (Å²) in [6, 6.07) is 41.1. The first-order chi connectivity index (χ1) is 16.2. The van der Waals surface area contributed by atoms with Crippen LogP contribution in [0.25, 0.3) is 0 Å². The molecule has 3 atom stereocenters. The molecule has 0 spiro atoms. The molecule has 0 aliphatic carbocycles. The molecule has 6 rings (SSSR count). The van der Waals surface area contributed by atoms with Crippen molar-refractivity contribution < 1.29 is 4.84 Å². The number of hydrogen-bond donors (Lipinski definition) is 0. The molecule has 2 aliphatic rings. The summed E-state index contributed by atoms with van der Waals surface area (Å²) in [5.74, 6) is 0. The minimum atomic E-state index is -0.243. The van der Waals surface area contributed by atoms with E-state index in [0.29, 0.717) is 0 Å². The highest BCUT2D eigenvalue weighted by Crippen LogP contribution is 2.56. The van der Waals surface area contributed by atoms with Gasteiger partial charge >= 0.3 is 0 Å². The first kappa shape index (κ1) is 20.2. The van der Waals surface area contributed by atoms with Crippen LogP contribution in [-0.2, 0) is 10.4 Å². The van der Waals surface area contributed by atoms with Crippen molar-refractivity contribution in [2.45, 2.75) is 31.2 Å². The largest absolute Gasteiger partial charge is 0.348 e. The Labute approximate surface area is 195 Å². The average molecular weight is 433 g/mol. The quantitative estimate of drug-likeness (QED) is 0.353. The molecule has 33 heavy (non-hydrogen) atoms. The molecule has 2 heterocycles. The maximum Gasteiger partial charge on any atom is 0.132 e. The summed E-state index contributed by atoms with van der Waals surface area (Å²) >= 11 is 0. The van der Waals surface area contributed by atoms with E-state index in [0.717, 1.165) is 13.0 Å². The molecule has 2 aliphatic heterocycles. The van der Waals surface area contributed by atoms with Gasteiger partial charge in [0.2, 0.25) is 0 Å². The molecule has 4 aromatic rings. The minimum Gasteiger partial charge on any atom is -0.348 e. The van der Waals surface area contributed by atoms with Crippen LogP contribution < -0.4 is 4.90 Å². The first-order valence-electron chi connectivity index (χ1n) is 11.7. The van der Waals surface area contributed by atoms with E-state index in [1.165, 1.54) is 27.9 Å². The molecule has 0 amide bonds. The van der Waals surface area contributed by atoms with E-state index in [9.17, 15) is 0 Å². The van der Waals surface area contributed by atoms with Gasteiger partial charge in [-0.2, -0.15) is 0 Å². The molecule has 3 nitrogen and oxygen atoms in total. The number of aryl methyl sites for hydroxylation is 1. The van der Waals surface area contributed by atoms with Crippen LogP contribution >= 0.6 is 0 Å². The zero-order valence-electron chi connectivity index (χ0n) is 18.8. The third-order valence-corrected chi connectivity index (χ3v) is 7.08. The molecule has 2 fully saturated rings. The van der Waals surface area contributed by atoms with Crippen LogP contribution in [0.2, 0.25) is 0 Å². The zero-order chi connectivity index (χ0) is 22.3. The number of anilines is 1. The van der Waals surface area contributed by atoms with E-state index in [2.05, 4.69) is 132 Å². The maximum atomic E-state index is 6.86. The molecule has 0 bridgehead atoms. The van der Waals surface area contributed by atoms with Gasteiger partial charge in [0.25, 0.3) is 0 Å². The monoisotopic (exact) mass is 432 g/mol. The van der Waals surface area contributed by atoms with E-state index in [-0.39, 0.29) is 17.8 Å². The summed E-state index contributed by atoms with van der Waals surface area (Å²) in [5.41, 5.74) is 6.03. The number of rotatable bonds is 4. The van der Waals surface area contributed by atoms with E-state index in [1.807, 2.05) is 0 Å². The van der Waals surface area contributed by atoms with Crippen LogP contribution in [0.15, 0.2) is 115 Å². The number of nitrogens with zero attached hydrogens (tertiary/aromatic N) is 2. The molecule has 0 unspecified atom stereocenters. The highest BCUT2D eigenvalue weighted by Gasteiger charge is 2.59. The Morgan fingerprint density at radius 1 is 0.697 bits per heavy atom. The third-order valence-electron chi connectivity index (χ3n) is 7.08.